The molecule has 0 radical (unpaired) electrons. The van der Waals surface area contributed by atoms with Gasteiger partial charge in [0.15, 0.2) is 0 Å². The van der Waals surface area contributed by atoms with Gasteiger partial charge in [-0.2, -0.15) is 5.10 Å². The Kier molecular flexibility index (Phi) is 6.94. The zero-order valence-electron chi connectivity index (χ0n) is 18.0. The molecule has 1 aliphatic heterocycles. The van der Waals surface area contributed by atoms with Gasteiger partial charge in [-0.3, -0.25) is 14.5 Å². The van der Waals surface area contributed by atoms with E-state index in [2.05, 4.69) is 15.4 Å². The minimum atomic E-state index is -1.00. The van der Waals surface area contributed by atoms with Gasteiger partial charge in [0.2, 0.25) is 5.91 Å². The minimum Gasteiger partial charge on any atom is -0.465 e. The van der Waals surface area contributed by atoms with Crippen LogP contribution in [0.2, 0.25) is 0 Å². The van der Waals surface area contributed by atoms with Crippen LogP contribution in [0, 0.1) is 0 Å². The molecule has 2 N–H and O–H groups in total. The highest BCUT2D eigenvalue weighted by molar-refractivity contribution is 5.77. The molecule has 0 unspecified atom stereocenters. The summed E-state index contributed by atoms with van der Waals surface area (Å²) in [5.41, 5.74) is 3.49. The number of nitrogens with one attached hydrogen (secondary N) is 1. The van der Waals surface area contributed by atoms with Crippen molar-refractivity contribution in [2.24, 2.45) is 0 Å². The SMILES string of the molecule is O=C(O)NCCCCCC(=O)N1CCC(n2cc(-c3cnc4ccccc4n3)cn2)CC1. The Morgan fingerprint density at radius 3 is 2.62 bits per heavy atom. The summed E-state index contributed by atoms with van der Waals surface area (Å²) in [5, 5.41) is 15.4. The molecule has 3 aromatic rings. The van der Waals surface area contributed by atoms with Crippen molar-refractivity contribution < 1.29 is 14.7 Å². The van der Waals surface area contributed by atoms with Gasteiger partial charge < -0.3 is 15.3 Å². The van der Waals surface area contributed by atoms with E-state index in [0.717, 1.165) is 67.5 Å². The highest BCUT2D eigenvalue weighted by Crippen LogP contribution is 2.25. The van der Waals surface area contributed by atoms with E-state index in [-0.39, 0.29) is 11.9 Å². The van der Waals surface area contributed by atoms with Gasteiger partial charge >= 0.3 is 6.09 Å². The summed E-state index contributed by atoms with van der Waals surface area (Å²) in [6, 6.07) is 8.07. The lowest BCUT2D eigenvalue weighted by Crippen LogP contribution is -2.39. The van der Waals surface area contributed by atoms with Gasteiger partial charge in [0.1, 0.15) is 0 Å². The molecule has 168 valence electrons. The summed E-state index contributed by atoms with van der Waals surface area (Å²) in [6.45, 7) is 1.90. The van der Waals surface area contributed by atoms with Crippen LogP contribution >= 0.6 is 0 Å². The Morgan fingerprint density at radius 2 is 1.84 bits per heavy atom. The molecule has 0 spiro atoms. The molecule has 2 amide bonds. The lowest BCUT2D eigenvalue weighted by molar-refractivity contribution is -0.132. The number of hydrogen-bond acceptors (Lipinski definition) is 5. The number of piperidine rings is 1. The normalized spacial score (nSPS) is 14.6. The molecular formula is C23H28N6O3. The van der Waals surface area contributed by atoms with E-state index in [0.29, 0.717) is 13.0 Å². The molecule has 0 saturated carbocycles. The second-order valence-electron chi connectivity index (χ2n) is 8.11. The van der Waals surface area contributed by atoms with Crippen molar-refractivity contribution in [1.82, 2.24) is 30.0 Å². The number of carbonyl (C=O) groups is 2. The van der Waals surface area contributed by atoms with Crippen molar-refractivity contribution in [3.8, 4) is 11.3 Å². The first-order valence-electron chi connectivity index (χ1n) is 11.1. The van der Waals surface area contributed by atoms with E-state index >= 15 is 0 Å². The molecule has 2 aromatic heterocycles. The first-order valence-corrected chi connectivity index (χ1v) is 11.1. The molecule has 9 heteroatoms. The molecule has 0 bridgehead atoms. The van der Waals surface area contributed by atoms with E-state index in [1.165, 1.54) is 0 Å². The first-order chi connectivity index (χ1) is 15.6. The highest BCUT2D eigenvalue weighted by atomic mass is 16.4. The molecule has 1 aliphatic rings. The number of benzene rings is 1. The number of carbonyl (C=O) groups excluding carboxylic acids is 1. The average molecular weight is 437 g/mol. The summed E-state index contributed by atoms with van der Waals surface area (Å²) >= 11 is 0. The van der Waals surface area contributed by atoms with Crippen LogP contribution in [0.1, 0.15) is 44.6 Å². The number of para-hydroxylation sites is 2. The maximum atomic E-state index is 12.5. The second-order valence-corrected chi connectivity index (χ2v) is 8.11. The zero-order valence-corrected chi connectivity index (χ0v) is 18.0. The lowest BCUT2D eigenvalue weighted by atomic mass is 10.0. The van der Waals surface area contributed by atoms with Crippen LogP contribution in [-0.4, -0.2) is 61.4 Å². The van der Waals surface area contributed by atoms with Crippen molar-refractivity contribution in [2.45, 2.75) is 44.6 Å². The van der Waals surface area contributed by atoms with Crippen LogP contribution in [-0.2, 0) is 4.79 Å². The van der Waals surface area contributed by atoms with Crippen molar-refractivity contribution in [3.05, 3.63) is 42.9 Å². The fourth-order valence-electron chi connectivity index (χ4n) is 4.08. The highest BCUT2D eigenvalue weighted by Gasteiger charge is 2.24. The zero-order chi connectivity index (χ0) is 22.3. The predicted octanol–water partition coefficient (Wildman–Crippen LogP) is 3.48. The number of carboxylic acid groups (broad SMARTS) is 1. The molecule has 4 rings (SSSR count). The maximum absolute atomic E-state index is 12.5. The monoisotopic (exact) mass is 436 g/mol. The van der Waals surface area contributed by atoms with E-state index in [1.54, 1.807) is 6.20 Å². The summed E-state index contributed by atoms with van der Waals surface area (Å²) in [5.74, 6) is 0.183. The van der Waals surface area contributed by atoms with Gasteiger partial charge in [0, 0.05) is 37.8 Å². The van der Waals surface area contributed by atoms with E-state index in [1.807, 2.05) is 46.2 Å². The number of rotatable bonds is 8. The van der Waals surface area contributed by atoms with Crippen LogP contribution < -0.4 is 5.32 Å². The van der Waals surface area contributed by atoms with Gasteiger partial charge in [-0.05, 0) is 37.8 Å². The Labute approximate surface area is 186 Å². The largest absolute Gasteiger partial charge is 0.465 e. The molecule has 0 atom stereocenters. The van der Waals surface area contributed by atoms with Gasteiger partial charge in [-0.15, -0.1) is 0 Å². The van der Waals surface area contributed by atoms with Crippen LogP contribution in [0.4, 0.5) is 4.79 Å². The fraction of sp³-hybridized carbons (Fsp3) is 0.435. The first kappa shape index (κ1) is 21.7. The van der Waals surface area contributed by atoms with Crippen molar-refractivity contribution in [2.75, 3.05) is 19.6 Å². The summed E-state index contributed by atoms with van der Waals surface area (Å²) in [7, 11) is 0. The number of fused-ring (bicyclic) bond motifs is 1. The maximum Gasteiger partial charge on any atom is 0.404 e. The smallest absolute Gasteiger partial charge is 0.404 e. The number of aromatic nitrogens is 4. The number of hydrogen-bond donors (Lipinski definition) is 2. The van der Waals surface area contributed by atoms with Crippen LogP contribution in [0.15, 0.2) is 42.9 Å². The van der Waals surface area contributed by atoms with Gasteiger partial charge in [-0.1, -0.05) is 18.6 Å². The summed E-state index contributed by atoms with van der Waals surface area (Å²) in [6.07, 6.45) is 9.28. The quantitative estimate of drug-likeness (QED) is 0.523. The van der Waals surface area contributed by atoms with E-state index in [9.17, 15) is 9.59 Å². The third kappa shape index (κ3) is 5.40. The number of likely N-dealkylation sites (tertiary alicyclic amines) is 1. The molecule has 3 heterocycles. The summed E-state index contributed by atoms with van der Waals surface area (Å²) in [4.78, 5) is 34.0. The predicted molar refractivity (Wildman–Crippen MR) is 120 cm³/mol. The average Bonchev–Trinajstić information content (AvgIpc) is 3.31. The van der Waals surface area contributed by atoms with Gasteiger partial charge in [-0.25, -0.2) is 9.78 Å². The van der Waals surface area contributed by atoms with Crippen LogP contribution in [0.25, 0.3) is 22.3 Å². The molecule has 0 aliphatic carbocycles. The number of nitrogens with zero attached hydrogens (tertiary/aromatic N) is 5. The molecule has 1 aromatic carbocycles. The second kappa shape index (κ2) is 10.2. The van der Waals surface area contributed by atoms with Crippen LogP contribution in [0.3, 0.4) is 0 Å². The number of unbranched alkanes of at least 4 members (excludes halogenated alkanes) is 2. The standard InChI is InChI=1S/C23H28N6O3/c30-22(8-2-1-5-11-24-23(31)32)28-12-9-18(10-13-28)29-16-17(14-26-29)21-15-25-19-6-3-4-7-20(19)27-21/h3-4,6-7,14-16,18,24H,1-2,5,8-13H2,(H,31,32). The molecule has 1 fully saturated rings. The van der Waals surface area contributed by atoms with Gasteiger partial charge in [0.05, 0.1) is 35.2 Å². The van der Waals surface area contributed by atoms with E-state index < -0.39 is 6.09 Å². The van der Waals surface area contributed by atoms with E-state index in [4.69, 9.17) is 10.1 Å². The van der Waals surface area contributed by atoms with Gasteiger partial charge in [0.25, 0.3) is 0 Å². The molecular weight excluding hydrogens is 408 g/mol. The van der Waals surface area contributed by atoms with Crippen LogP contribution in [0.5, 0.6) is 0 Å². The third-order valence-electron chi connectivity index (χ3n) is 5.88. The number of amides is 2. The molecule has 9 nitrogen and oxygen atoms in total. The minimum absolute atomic E-state index is 0.183. The third-order valence-corrected chi connectivity index (χ3v) is 5.88. The Balaban J connectivity index is 1.25. The Hall–Kier alpha value is -3.49. The van der Waals surface area contributed by atoms with Crippen molar-refractivity contribution in [3.63, 3.8) is 0 Å². The molecule has 1 saturated heterocycles. The van der Waals surface area contributed by atoms with Crippen molar-refractivity contribution >= 4 is 23.0 Å². The summed E-state index contributed by atoms with van der Waals surface area (Å²) < 4.78 is 1.99. The lowest BCUT2D eigenvalue weighted by Gasteiger charge is -2.32. The van der Waals surface area contributed by atoms with Crippen molar-refractivity contribution in [1.29, 1.82) is 0 Å². The fourth-order valence-corrected chi connectivity index (χ4v) is 4.08. The Morgan fingerprint density at radius 1 is 1.06 bits per heavy atom. The Bertz CT molecular complexity index is 1070. The molecule has 32 heavy (non-hydrogen) atoms. The topological polar surface area (TPSA) is 113 Å².